The number of hydrogen-bond acceptors (Lipinski definition) is 7. The molecular formula is C27H43N5O5Si. The predicted molar refractivity (Wildman–Crippen MR) is 146 cm³/mol. The molecule has 2 heterocycles. The van der Waals surface area contributed by atoms with E-state index < -0.39 is 31.5 Å². The Hall–Kier alpha value is -2.79. The molecule has 1 aliphatic rings. The van der Waals surface area contributed by atoms with Crippen LogP contribution in [0.2, 0.25) is 25.7 Å². The molecule has 1 amide bonds. The number of carboxylic acids is 1. The molecule has 1 aliphatic heterocycles. The molecule has 1 unspecified atom stereocenters. The number of hydrogen-bond donors (Lipinski definition) is 1. The van der Waals surface area contributed by atoms with E-state index in [-0.39, 0.29) is 12.8 Å². The molecule has 1 N–H and O–H groups in total. The summed E-state index contributed by atoms with van der Waals surface area (Å²) in [5, 5.41) is 22.4. The van der Waals surface area contributed by atoms with Crippen molar-refractivity contribution in [2.24, 2.45) is 5.92 Å². The molecule has 38 heavy (non-hydrogen) atoms. The normalized spacial score (nSPS) is 15.3. The number of nitrogens with zero attached hydrogens (tertiary/aromatic N) is 5. The van der Waals surface area contributed by atoms with Crippen molar-refractivity contribution < 1.29 is 24.2 Å². The zero-order chi connectivity index (χ0) is 28.1. The third-order valence-electron chi connectivity index (χ3n) is 6.60. The fourth-order valence-electron chi connectivity index (χ4n) is 4.60. The van der Waals surface area contributed by atoms with E-state index in [1.807, 2.05) is 39.8 Å². The fraction of sp³-hybridized carbons (Fsp3) is 0.667. The molecular weight excluding hydrogens is 502 g/mol. The predicted octanol–water partition coefficient (Wildman–Crippen LogP) is 5.06. The smallest absolute Gasteiger partial charge is 0.410 e. The van der Waals surface area contributed by atoms with Gasteiger partial charge >= 0.3 is 12.1 Å². The molecule has 0 fully saturated rings. The first-order valence-corrected chi connectivity index (χ1v) is 17.1. The number of ether oxygens (including phenoxy) is 2. The minimum atomic E-state index is -1.24. The van der Waals surface area contributed by atoms with Crippen LogP contribution in [0.1, 0.15) is 69.0 Å². The molecule has 0 saturated carbocycles. The number of rotatable bonds is 12. The van der Waals surface area contributed by atoms with Gasteiger partial charge in [0.1, 0.15) is 12.3 Å². The molecule has 3 rings (SSSR count). The lowest BCUT2D eigenvalue weighted by Gasteiger charge is -2.24. The van der Waals surface area contributed by atoms with E-state index in [0.717, 1.165) is 29.2 Å². The first-order chi connectivity index (χ1) is 17.8. The summed E-state index contributed by atoms with van der Waals surface area (Å²) in [5.41, 5.74) is 2.54. The van der Waals surface area contributed by atoms with Crippen molar-refractivity contribution in [3.8, 4) is 0 Å². The van der Waals surface area contributed by atoms with Crippen LogP contribution in [0.4, 0.5) is 4.79 Å². The average Bonchev–Trinajstić information content (AvgIpc) is 3.44. The quantitative estimate of drug-likeness (QED) is 0.290. The van der Waals surface area contributed by atoms with E-state index in [4.69, 9.17) is 9.47 Å². The Balaban J connectivity index is 1.80. The molecule has 10 nitrogen and oxygen atoms in total. The first-order valence-electron chi connectivity index (χ1n) is 13.4. The van der Waals surface area contributed by atoms with Crippen molar-refractivity contribution in [1.29, 1.82) is 0 Å². The summed E-state index contributed by atoms with van der Waals surface area (Å²) >= 11 is 0. The number of carbonyl (C=O) groups excluding carboxylic acids is 1. The van der Waals surface area contributed by atoms with E-state index in [2.05, 4.69) is 41.2 Å². The van der Waals surface area contributed by atoms with Crippen LogP contribution in [0, 0.1) is 5.92 Å². The summed E-state index contributed by atoms with van der Waals surface area (Å²) in [6.07, 6.45) is 1.37. The third kappa shape index (κ3) is 8.36. The van der Waals surface area contributed by atoms with Crippen LogP contribution in [0.15, 0.2) is 18.2 Å². The van der Waals surface area contributed by atoms with Crippen molar-refractivity contribution >= 4 is 20.1 Å². The molecule has 1 aromatic heterocycles. The van der Waals surface area contributed by atoms with Gasteiger partial charge in [-0.2, -0.15) is 0 Å². The van der Waals surface area contributed by atoms with Gasteiger partial charge in [0.2, 0.25) is 0 Å². The maximum absolute atomic E-state index is 12.6. The number of aliphatic carboxylic acids is 1. The minimum Gasteiger partial charge on any atom is -0.481 e. The van der Waals surface area contributed by atoms with Crippen LogP contribution in [0.25, 0.3) is 0 Å². The summed E-state index contributed by atoms with van der Waals surface area (Å²) in [5.74, 6) is -1.40. The Morgan fingerprint density at radius 3 is 2.50 bits per heavy atom. The number of benzene rings is 1. The van der Waals surface area contributed by atoms with Gasteiger partial charge in [-0.05, 0) is 66.8 Å². The van der Waals surface area contributed by atoms with Crippen LogP contribution in [-0.4, -0.2) is 62.6 Å². The molecule has 0 radical (unpaired) electrons. The molecule has 11 heteroatoms. The Labute approximate surface area is 226 Å². The second-order valence-electron chi connectivity index (χ2n) is 12.4. The summed E-state index contributed by atoms with van der Waals surface area (Å²) in [7, 11) is -1.24. The van der Waals surface area contributed by atoms with Crippen molar-refractivity contribution in [3.05, 3.63) is 40.7 Å². The highest BCUT2D eigenvalue weighted by atomic mass is 28.3. The summed E-state index contributed by atoms with van der Waals surface area (Å²) in [4.78, 5) is 26.6. The average molecular weight is 546 g/mol. The molecule has 210 valence electrons. The van der Waals surface area contributed by atoms with Gasteiger partial charge in [0.15, 0.2) is 5.82 Å². The van der Waals surface area contributed by atoms with Crippen LogP contribution in [0.3, 0.4) is 0 Å². The number of tetrazole rings is 1. The highest BCUT2D eigenvalue weighted by Gasteiger charge is 2.34. The summed E-state index contributed by atoms with van der Waals surface area (Å²) < 4.78 is 13.0. The van der Waals surface area contributed by atoms with E-state index >= 15 is 0 Å². The Kier molecular flexibility index (Phi) is 9.69. The summed E-state index contributed by atoms with van der Waals surface area (Å²) in [6, 6.07) is 7.12. The lowest BCUT2D eigenvalue weighted by Crippen LogP contribution is -2.33. The topological polar surface area (TPSA) is 120 Å². The number of carbonyl (C=O) groups is 2. The number of carboxylic acid groups (broad SMARTS) is 1. The third-order valence-corrected chi connectivity index (χ3v) is 8.31. The van der Waals surface area contributed by atoms with Gasteiger partial charge in [-0.15, -0.1) is 5.10 Å². The summed E-state index contributed by atoms with van der Waals surface area (Å²) in [6.45, 7) is 16.2. The Bertz CT molecular complexity index is 1110. The van der Waals surface area contributed by atoms with Crippen LogP contribution in [-0.2, 0) is 40.5 Å². The zero-order valence-electron chi connectivity index (χ0n) is 23.9. The SMILES string of the molecule is CCCC(C(=O)O)[C@H](Cc1ccc2c(c1)CN(C(=O)OC(C)(C)C)C2)c1nnnn1COCC[Si](C)(C)C. The monoisotopic (exact) mass is 545 g/mol. The molecule has 2 aromatic rings. The second kappa shape index (κ2) is 12.4. The number of fused-ring (bicyclic) bond motifs is 1. The largest absolute Gasteiger partial charge is 0.481 e. The first kappa shape index (κ1) is 29.8. The Morgan fingerprint density at radius 2 is 1.87 bits per heavy atom. The molecule has 0 aliphatic carbocycles. The number of aromatic nitrogens is 4. The lowest BCUT2D eigenvalue weighted by molar-refractivity contribution is -0.143. The standard InChI is InChI=1S/C27H43N5O5Si/c1-8-9-22(25(33)34)23(24-28-29-30-32(24)18-36-12-13-38(5,6)7)15-19-10-11-20-16-31(17-21(20)14-19)26(35)37-27(2,3)4/h10-11,14,22-23H,8-9,12-13,15-18H2,1-7H3,(H,33,34)/t22?,23-/m0/s1. The molecule has 2 atom stereocenters. The van der Waals surface area contributed by atoms with Crippen molar-refractivity contribution in [3.63, 3.8) is 0 Å². The maximum atomic E-state index is 12.6. The van der Waals surface area contributed by atoms with Crippen molar-refractivity contribution in [2.75, 3.05) is 6.61 Å². The van der Waals surface area contributed by atoms with Gasteiger partial charge in [0.25, 0.3) is 0 Å². The molecule has 0 bridgehead atoms. The maximum Gasteiger partial charge on any atom is 0.410 e. The van der Waals surface area contributed by atoms with Crippen molar-refractivity contribution in [1.82, 2.24) is 25.1 Å². The van der Waals surface area contributed by atoms with Gasteiger partial charge in [-0.3, -0.25) is 9.69 Å². The van der Waals surface area contributed by atoms with E-state index in [9.17, 15) is 14.7 Å². The van der Waals surface area contributed by atoms with E-state index in [0.29, 0.717) is 38.4 Å². The number of amides is 1. The van der Waals surface area contributed by atoms with Gasteiger partial charge in [0, 0.05) is 33.7 Å². The van der Waals surface area contributed by atoms with Gasteiger partial charge in [-0.1, -0.05) is 51.2 Å². The fourth-order valence-corrected chi connectivity index (χ4v) is 5.36. The second-order valence-corrected chi connectivity index (χ2v) is 18.0. The zero-order valence-corrected chi connectivity index (χ0v) is 24.9. The van der Waals surface area contributed by atoms with Crippen LogP contribution in [0.5, 0.6) is 0 Å². The molecule has 1 aromatic carbocycles. The molecule has 0 saturated heterocycles. The van der Waals surface area contributed by atoms with Gasteiger partial charge < -0.3 is 14.6 Å². The lowest BCUT2D eigenvalue weighted by atomic mass is 9.83. The highest BCUT2D eigenvalue weighted by Crippen LogP contribution is 2.33. The molecule has 0 spiro atoms. The van der Waals surface area contributed by atoms with Crippen LogP contribution < -0.4 is 0 Å². The minimum absolute atomic E-state index is 0.191. The van der Waals surface area contributed by atoms with Gasteiger partial charge in [-0.25, -0.2) is 9.48 Å². The Morgan fingerprint density at radius 1 is 1.16 bits per heavy atom. The van der Waals surface area contributed by atoms with E-state index in [1.165, 1.54) is 0 Å². The van der Waals surface area contributed by atoms with E-state index in [1.54, 1.807) is 9.58 Å². The highest BCUT2D eigenvalue weighted by molar-refractivity contribution is 6.76. The van der Waals surface area contributed by atoms with Crippen molar-refractivity contribution in [2.45, 2.75) is 104 Å². The van der Waals surface area contributed by atoms with Gasteiger partial charge in [0.05, 0.1) is 5.92 Å². The van der Waals surface area contributed by atoms with Crippen LogP contribution >= 0.6 is 0 Å².